The predicted octanol–water partition coefficient (Wildman–Crippen LogP) is 3.77. The summed E-state index contributed by atoms with van der Waals surface area (Å²) in [6.07, 6.45) is 3.37. The summed E-state index contributed by atoms with van der Waals surface area (Å²) in [5, 5.41) is 6.91. The molecule has 1 fully saturated rings. The van der Waals surface area contributed by atoms with E-state index in [9.17, 15) is 0 Å². The summed E-state index contributed by atoms with van der Waals surface area (Å²) in [4.78, 5) is 6.85. The van der Waals surface area contributed by atoms with Crippen LogP contribution < -0.4 is 25.0 Å². The Morgan fingerprint density at radius 2 is 1.90 bits per heavy atom. The summed E-state index contributed by atoms with van der Waals surface area (Å²) in [5.41, 5.74) is 3.68. The normalized spacial score (nSPS) is 15.1. The SMILES string of the molecule is CN=C(NCCc1cc(OC)ccc1OC)NC(C)c1cccc(N2CCCC2)c1. The molecular weight excluding hydrogens is 376 g/mol. The number of guanidine groups is 1. The number of anilines is 1. The fourth-order valence-corrected chi connectivity index (χ4v) is 3.84. The lowest BCUT2D eigenvalue weighted by Gasteiger charge is -2.22. The van der Waals surface area contributed by atoms with Gasteiger partial charge < -0.3 is 25.0 Å². The van der Waals surface area contributed by atoms with Crippen molar-refractivity contribution in [2.24, 2.45) is 4.99 Å². The van der Waals surface area contributed by atoms with Crippen LogP contribution in [0.25, 0.3) is 0 Å². The van der Waals surface area contributed by atoms with E-state index in [1.54, 1.807) is 21.3 Å². The van der Waals surface area contributed by atoms with Gasteiger partial charge in [0.15, 0.2) is 5.96 Å². The number of aliphatic imine (C=N–C) groups is 1. The van der Waals surface area contributed by atoms with Gasteiger partial charge in [0.2, 0.25) is 0 Å². The summed E-state index contributed by atoms with van der Waals surface area (Å²) in [5.74, 6) is 2.49. The zero-order chi connectivity index (χ0) is 21.3. The van der Waals surface area contributed by atoms with Crippen molar-refractivity contribution in [3.8, 4) is 11.5 Å². The molecule has 0 aliphatic carbocycles. The lowest BCUT2D eigenvalue weighted by atomic mass is 10.1. The van der Waals surface area contributed by atoms with Gasteiger partial charge in [-0.25, -0.2) is 0 Å². The standard InChI is InChI=1S/C24H34N4O2/c1-18(19-8-7-9-21(16-19)28-14-5-6-15-28)27-24(25-2)26-13-12-20-17-22(29-3)10-11-23(20)30-4/h7-11,16-18H,5-6,12-15H2,1-4H3,(H2,25,26,27). The van der Waals surface area contributed by atoms with Gasteiger partial charge in [0, 0.05) is 32.4 Å². The van der Waals surface area contributed by atoms with Crippen LogP contribution in [0.2, 0.25) is 0 Å². The lowest BCUT2D eigenvalue weighted by molar-refractivity contribution is 0.398. The molecule has 0 spiro atoms. The van der Waals surface area contributed by atoms with Crippen molar-refractivity contribution in [1.29, 1.82) is 0 Å². The van der Waals surface area contributed by atoms with Gasteiger partial charge in [-0.3, -0.25) is 4.99 Å². The van der Waals surface area contributed by atoms with Crippen molar-refractivity contribution in [2.75, 3.05) is 45.8 Å². The molecule has 0 radical (unpaired) electrons. The van der Waals surface area contributed by atoms with Gasteiger partial charge >= 0.3 is 0 Å². The van der Waals surface area contributed by atoms with E-state index in [1.807, 2.05) is 18.2 Å². The highest BCUT2D eigenvalue weighted by molar-refractivity contribution is 5.80. The van der Waals surface area contributed by atoms with E-state index in [0.717, 1.165) is 49.1 Å². The smallest absolute Gasteiger partial charge is 0.191 e. The van der Waals surface area contributed by atoms with Crippen molar-refractivity contribution in [3.63, 3.8) is 0 Å². The van der Waals surface area contributed by atoms with Crippen LogP contribution in [0.15, 0.2) is 47.5 Å². The van der Waals surface area contributed by atoms with Crippen LogP contribution in [0, 0.1) is 0 Å². The lowest BCUT2D eigenvalue weighted by Crippen LogP contribution is -2.39. The Balaban J connectivity index is 1.56. The molecule has 0 amide bonds. The van der Waals surface area contributed by atoms with Gasteiger partial charge in [-0.2, -0.15) is 0 Å². The second-order valence-corrected chi connectivity index (χ2v) is 7.58. The molecule has 1 unspecified atom stereocenters. The molecule has 30 heavy (non-hydrogen) atoms. The number of nitrogens with one attached hydrogen (secondary N) is 2. The molecule has 2 N–H and O–H groups in total. The maximum atomic E-state index is 5.47. The van der Waals surface area contributed by atoms with E-state index in [-0.39, 0.29) is 6.04 Å². The van der Waals surface area contributed by atoms with Gasteiger partial charge in [0.25, 0.3) is 0 Å². The number of rotatable bonds is 8. The van der Waals surface area contributed by atoms with E-state index in [1.165, 1.54) is 24.1 Å². The first-order valence-electron chi connectivity index (χ1n) is 10.7. The molecule has 1 heterocycles. The first-order chi connectivity index (χ1) is 14.6. The fraction of sp³-hybridized carbons (Fsp3) is 0.458. The van der Waals surface area contributed by atoms with Crippen LogP contribution in [-0.4, -0.2) is 46.9 Å². The molecule has 162 valence electrons. The summed E-state index contributed by atoms with van der Waals surface area (Å²) >= 11 is 0. The fourth-order valence-electron chi connectivity index (χ4n) is 3.84. The molecule has 1 saturated heterocycles. The third kappa shape index (κ3) is 5.59. The zero-order valence-electron chi connectivity index (χ0n) is 18.6. The third-order valence-corrected chi connectivity index (χ3v) is 5.59. The molecular formula is C24H34N4O2. The van der Waals surface area contributed by atoms with E-state index >= 15 is 0 Å². The molecule has 6 nitrogen and oxygen atoms in total. The van der Waals surface area contributed by atoms with Crippen LogP contribution in [0.3, 0.4) is 0 Å². The Kier molecular flexibility index (Phi) is 7.82. The second kappa shape index (κ2) is 10.8. The Labute approximate surface area is 180 Å². The molecule has 0 bridgehead atoms. The largest absolute Gasteiger partial charge is 0.497 e. The zero-order valence-corrected chi connectivity index (χ0v) is 18.6. The maximum absolute atomic E-state index is 5.47. The number of hydrogen-bond donors (Lipinski definition) is 2. The van der Waals surface area contributed by atoms with Gasteiger partial charge in [-0.05, 0) is 67.6 Å². The number of benzene rings is 2. The van der Waals surface area contributed by atoms with Crippen molar-refractivity contribution < 1.29 is 9.47 Å². The van der Waals surface area contributed by atoms with Crippen molar-refractivity contribution >= 4 is 11.6 Å². The van der Waals surface area contributed by atoms with Crippen LogP contribution in [0.1, 0.15) is 36.9 Å². The summed E-state index contributed by atoms with van der Waals surface area (Å²) in [6, 6.07) is 14.8. The highest BCUT2D eigenvalue weighted by Gasteiger charge is 2.14. The molecule has 0 aromatic heterocycles. The van der Waals surface area contributed by atoms with Crippen molar-refractivity contribution in [1.82, 2.24) is 10.6 Å². The first-order valence-corrected chi connectivity index (χ1v) is 10.7. The monoisotopic (exact) mass is 410 g/mol. The van der Waals surface area contributed by atoms with Crippen LogP contribution >= 0.6 is 0 Å². The van der Waals surface area contributed by atoms with Gasteiger partial charge in [0.05, 0.1) is 20.3 Å². The highest BCUT2D eigenvalue weighted by atomic mass is 16.5. The molecule has 1 aliphatic heterocycles. The molecule has 1 atom stereocenters. The first kappa shape index (κ1) is 21.8. The Morgan fingerprint density at radius 1 is 1.10 bits per heavy atom. The van der Waals surface area contributed by atoms with E-state index in [2.05, 4.69) is 51.7 Å². The van der Waals surface area contributed by atoms with Crippen LogP contribution in [-0.2, 0) is 6.42 Å². The van der Waals surface area contributed by atoms with E-state index in [4.69, 9.17) is 9.47 Å². The van der Waals surface area contributed by atoms with Crippen LogP contribution in [0.5, 0.6) is 11.5 Å². The second-order valence-electron chi connectivity index (χ2n) is 7.58. The van der Waals surface area contributed by atoms with Gasteiger partial charge in [0.1, 0.15) is 11.5 Å². The average molecular weight is 411 g/mol. The Morgan fingerprint density at radius 3 is 2.60 bits per heavy atom. The van der Waals surface area contributed by atoms with Crippen LogP contribution in [0.4, 0.5) is 5.69 Å². The quantitative estimate of drug-likeness (QED) is 0.512. The van der Waals surface area contributed by atoms with Crippen molar-refractivity contribution in [2.45, 2.75) is 32.2 Å². The number of methoxy groups -OCH3 is 2. The Bertz CT molecular complexity index is 847. The molecule has 2 aromatic rings. The Hall–Kier alpha value is -2.89. The minimum atomic E-state index is 0.158. The maximum Gasteiger partial charge on any atom is 0.191 e. The van der Waals surface area contributed by atoms with E-state index < -0.39 is 0 Å². The van der Waals surface area contributed by atoms with Gasteiger partial charge in [-0.15, -0.1) is 0 Å². The topological polar surface area (TPSA) is 58.1 Å². The molecule has 6 heteroatoms. The molecule has 2 aromatic carbocycles. The summed E-state index contributed by atoms with van der Waals surface area (Å²) in [7, 11) is 5.17. The van der Waals surface area contributed by atoms with Gasteiger partial charge in [-0.1, -0.05) is 12.1 Å². The minimum absolute atomic E-state index is 0.158. The number of nitrogens with zero attached hydrogens (tertiary/aromatic N) is 2. The number of hydrogen-bond acceptors (Lipinski definition) is 4. The highest BCUT2D eigenvalue weighted by Crippen LogP contribution is 2.25. The average Bonchev–Trinajstić information content (AvgIpc) is 3.33. The molecule has 0 saturated carbocycles. The molecule has 3 rings (SSSR count). The predicted molar refractivity (Wildman–Crippen MR) is 124 cm³/mol. The minimum Gasteiger partial charge on any atom is -0.497 e. The number of ether oxygens (including phenoxy) is 2. The van der Waals surface area contributed by atoms with Crippen molar-refractivity contribution in [3.05, 3.63) is 53.6 Å². The van der Waals surface area contributed by atoms with E-state index in [0.29, 0.717) is 0 Å². The summed E-state index contributed by atoms with van der Waals surface area (Å²) < 4.78 is 10.8. The summed E-state index contributed by atoms with van der Waals surface area (Å²) in [6.45, 7) is 5.22. The molecule has 1 aliphatic rings. The third-order valence-electron chi connectivity index (χ3n) is 5.59.